The standard InChI is InChI=1S/C70H62B2N6S2/c1-6-23-47(24-7-1)75(48-25-8-2-9-26-48)52-41-62-68-63(42-52)78(59-36-19-16-33-54(59)70-73-39-22-40-74-70)61-46-65-58(45-57(61)71(68)55-34-17-20-37-60(55)77(62)51-31-14-5-15-32-51)72-56-35-18-21-38-64(56)79-66-43-53(44-67(80-65)69(66)72)76(49-27-10-3-11-28-49)50-29-12-4-13-30-50/h1-29,31-40,45-46,50,52-53,58,62-63,65-69H,30,41-44H2. The van der Waals surface area contributed by atoms with Gasteiger partial charge >= 0.3 is 0 Å². The molecule has 2 saturated carbocycles. The molecule has 0 N–H and O–H groups in total. The number of benzene rings is 7. The highest BCUT2D eigenvalue weighted by Crippen LogP contribution is 2.63. The number of aromatic nitrogens is 2. The van der Waals surface area contributed by atoms with Gasteiger partial charge in [-0.3, -0.25) is 0 Å². The quantitative estimate of drug-likeness (QED) is 0.132. The van der Waals surface area contributed by atoms with E-state index in [1.807, 2.05) is 18.5 Å². The summed E-state index contributed by atoms with van der Waals surface area (Å²) in [6.45, 7) is 0.599. The van der Waals surface area contributed by atoms with Crippen LogP contribution in [0.1, 0.15) is 32.1 Å². The Kier molecular flexibility index (Phi) is 12.3. The minimum Gasteiger partial charge on any atom is -0.362 e. The van der Waals surface area contributed by atoms with E-state index in [0.717, 1.165) is 30.7 Å². The van der Waals surface area contributed by atoms with Crippen molar-refractivity contribution in [1.29, 1.82) is 0 Å². The normalized spacial score (nSPS) is 27.5. The summed E-state index contributed by atoms with van der Waals surface area (Å²) in [7, 11) is 0. The number of hydrogen-bond acceptors (Lipinski definition) is 8. The van der Waals surface area contributed by atoms with Gasteiger partial charge in [0.15, 0.2) is 12.5 Å². The van der Waals surface area contributed by atoms with Gasteiger partial charge in [0.05, 0.1) is 11.7 Å². The molecule has 1 aromatic heterocycles. The first-order valence-corrected chi connectivity index (χ1v) is 31.0. The number of fused-ring (bicyclic) bond motifs is 8. The Bertz CT molecular complexity index is 3660. The van der Waals surface area contributed by atoms with E-state index in [2.05, 4.69) is 274 Å². The van der Waals surface area contributed by atoms with Crippen molar-refractivity contribution in [3.8, 4) is 11.4 Å². The van der Waals surface area contributed by atoms with Crippen molar-refractivity contribution >= 4 is 82.0 Å². The highest BCUT2D eigenvalue weighted by atomic mass is 32.2. The minimum absolute atomic E-state index is 0.108. The smallest absolute Gasteiger partial charge is 0.221 e. The highest BCUT2D eigenvalue weighted by molar-refractivity contribution is 8.02. The second kappa shape index (κ2) is 20.3. The molecule has 4 aliphatic heterocycles. The third kappa shape index (κ3) is 8.09. The summed E-state index contributed by atoms with van der Waals surface area (Å²) < 4.78 is 0. The average molecular weight is 1070 g/mol. The Morgan fingerprint density at radius 3 is 1.88 bits per heavy atom. The summed E-state index contributed by atoms with van der Waals surface area (Å²) in [6, 6.07) is 76.4. The number of para-hydroxylation sites is 6. The second-order valence-electron chi connectivity index (χ2n) is 23.3. The van der Waals surface area contributed by atoms with E-state index >= 15 is 0 Å². The lowest BCUT2D eigenvalue weighted by molar-refractivity contribution is 0.331. The third-order valence-electron chi connectivity index (χ3n) is 19.2. The molecule has 8 aromatic rings. The first-order chi connectivity index (χ1) is 39.7. The molecule has 0 bridgehead atoms. The number of allylic oxidation sites excluding steroid dienone is 4. The van der Waals surface area contributed by atoms with Gasteiger partial charge < -0.3 is 19.6 Å². The summed E-state index contributed by atoms with van der Waals surface area (Å²) in [5, 5.41) is 1.28. The molecular weight excluding hydrogens is 1010 g/mol. The topological polar surface area (TPSA) is 38.7 Å². The molecule has 16 rings (SSSR count). The van der Waals surface area contributed by atoms with Crippen LogP contribution in [-0.2, 0) is 0 Å². The van der Waals surface area contributed by atoms with Crippen molar-refractivity contribution in [2.45, 2.75) is 100 Å². The van der Waals surface area contributed by atoms with E-state index in [-0.39, 0.29) is 35.9 Å². The molecule has 6 nitrogen and oxygen atoms in total. The van der Waals surface area contributed by atoms with E-state index in [1.165, 1.54) is 68.5 Å². The van der Waals surface area contributed by atoms with Gasteiger partial charge in [0.25, 0.3) is 0 Å². The van der Waals surface area contributed by atoms with Gasteiger partial charge in [-0.2, -0.15) is 11.8 Å². The summed E-state index contributed by atoms with van der Waals surface area (Å²) in [4.78, 5) is 22.7. The third-order valence-corrected chi connectivity index (χ3v) is 22.3. The molecule has 11 atom stereocenters. The van der Waals surface area contributed by atoms with Gasteiger partial charge in [0, 0.05) is 96.9 Å². The summed E-state index contributed by atoms with van der Waals surface area (Å²) in [6.07, 6.45) is 24.2. The van der Waals surface area contributed by atoms with E-state index in [1.54, 1.807) is 5.46 Å². The Balaban J connectivity index is 0.906. The van der Waals surface area contributed by atoms with Crippen LogP contribution in [0.25, 0.3) is 11.4 Å². The molecule has 8 aliphatic rings. The number of hydrogen-bond donors (Lipinski definition) is 0. The van der Waals surface area contributed by atoms with Crippen molar-refractivity contribution < 1.29 is 0 Å². The van der Waals surface area contributed by atoms with E-state index in [0.29, 0.717) is 40.9 Å². The molecule has 4 aliphatic carbocycles. The van der Waals surface area contributed by atoms with Crippen LogP contribution in [0, 0.1) is 0 Å². The highest BCUT2D eigenvalue weighted by Gasteiger charge is 2.62. The molecule has 0 amide bonds. The minimum atomic E-state index is 0.108. The lowest BCUT2D eigenvalue weighted by Crippen LogP contribution is -2.69. The maximum absolute atomic E-state index is 5.01. The van der Waals surface area contributed by atoms with Crippen LogP contribution in [0.15, 0.2) is 265 Å². The molecular formula is C70H62B2N6S2. The van der Waals surface area contributed by atoms with Gasteiger partial charge in [0.2, 0.25) is 6.71 Å². The lowest BCUT2D eigenvalue weighted by atomic mass is 9.23. The van der Waals surface area contributed by atoms with Crippen LogP contribution in [0.2, 0.25) is 17.5 Å². The number of rotatable bonds is 9. The van der Waals surface area contributed by atoms with Gasteiger partial charge in [-0.25, -0.2) is 9.97 Å². The molecule has 11 unspecified atom stereocenters. The second-order valence-corrected chi connectivity index (χ2v) is 26.0. The van der Waals surface area contributed by atoms with Crippen LogP contribution in [0.5, 0.6) is 0 Å². The first kappa shape index (κ1) is 48.5. The fourth-order valence-corrected chi connectivity index (χ4v) is 20.1. The SMILES string of the molecule is C1=CCC(N(c2ccccc2)C2CC3Sc4ccccc4B4C5C=C6B7c8ccccc8N(c8ccccc8)C8CC(N(c9ccccc9)c9ccccc9)CC(C78)N(c7ccccc7-c7ncccn7)C6=CC5SC(C2)C43)C=C1. The van der Waals surface area contributed by atoms with Crippen molar-refractivity contribution in [2.75, 3.05) is 19.6 Å². The summed E-state index contributed by atoms with van der Waals surface area (Å²) in [5.74, 6) is 1.91. The summed E-state index contributed by atoms with van der Waals surface area (Å²) in [5.41, 5.74) is 14.6. The maximum atomic E-state index is 5.01. The van der Waals surface area contributed by atoms with Crippen molar-refractivity contribution in [3.05, 3.63) is 260 Å². The van der Waals surface area contributed by atoms with Gasteiger partial charge in [-0.05, 0) is 134 Å². The van der Waals surface area contributed by atoms with Crippen molar-refractivity contribution in [1.82, 2.24) is 9.97 Å². The Labute approximate surface area is 480 Å². The predicted octanol–water partition coefficient (Wildman–Crippen LogP) is 14.6. The summed E-state index contributed by atoms with van der Waals surface area (Å²) >= 11 is 4.52. The van der Waals surface area contributed by atoms with Gasteiger partial charge in [0.1, 0.15) is 0 Å². The first-order valence-electron chi connectivity index (χ1n) is 29.2. The molecule has 0 spiro atoms. The average Bonchev–Trinajstić information content (AvgIpc) is 3.60. The van der Waals surface area contributed by atoms with Crippen molar-refractivity contribution in [3.63, 3.8) is 0 Å². The monoisotopic (exact) mass is 1070 g/mol. The Hall–Kier alpha value is -7.39. The Morgan fingerprint density at radius 1 is 0.525 bits per heavy atom. The number of nitrogens with zero attached hydrogens (tertiary/aromatic N) is 6. The molecule has 7 aromatic carbocycles. The predicted molar refractivity (Wildman–Crippen MR) is 339 cm³/mol. The molecule has 390 valence electrons. The zero-order valence-corrected chi connectivity index (χ0v) is 46.3. The van der Waals surface area contributed by atoms with Crippen LogP contribution in [-0.4, -0.2) is 69.4 Å². The van der Waals surface area contributed by atoms with E-state index in [4.69, 9.17) is 9.97 Å². The lowest BCUT2D eigenvalue weighted by Gasteiger charge is -2.62. The molecule has 80 heavy (non-hydrogen) atoms. The number of thioether (sulfide) groups is 2. The molecule has 0 radical (unpaired) electrons. The van der Waals surface area contributed by atoms with Crippen LogP contribution >= 0.6 is 23.5 Å². The zero-order chi connectivity index (χ0) is 52.7. The molecule has 4 fully saturated rings. The molecule has 2 saturated heterocycles. The van der Waals surface area contributed by atoms with Crippen LogP contribution < -0.4 is 30.5 Å². The number of anilines is 6. The fourth-order valence-electron chi connectivity index (χ4n) is 16.4. The van der Waals surface area contributed by atoms with E-state index < -0.39 is 0 Å². The van der Waals surface area contributed by atoms with Crippen LogP contribution in [0.4, 0.5) is 34.1 Å². The zero-order valence-electron chi connectivity index (χ0n) is 44.7. The van der Waals surface area contributed by atoms with Crippen LogP contribution in [0.3, 0.4) is 0 Å². The largest absolute Gasteiger partial charge is 0.362 e. The fraction of sp³-hybridized carbons (Fsp3) is 0.229. The molecule has 10 heteroatoms. The Morgan fingerprint density at radius 2 is 1.15 bits per heavy atom. The maximum Gasteiger partial charge on any atom is 0.221 e. The van der Waals surface area contributed by atoms with E-state index in [9.17, 15) is 0 Å². The molecule has 5 heterocycles. The van der Waals surface area contributed by atoms with Crippen molar-refractivity contribution in [2.24, 2.45) is 0 Å². The van der Waals surface area contributed by atoms with Gasteiger partial charge in [-0.15, -0.1) is 11.8 Å². The van der Waals surface area contributed by atoms with Gasteiger partial charge in [-0.1, -0.05) is 168 Å².